The molecule has 1 aliphatic carbocycles. The molecule has 1 atom stereocenters. The van der Waals surface area contributed by atoms with Gasteiger partial charge in [0.25, 0.3) is 5.91 Å². The van der Waals surface area contributed by atoms with Crippen molar-refractivity contribution in [2.45, 2.75) is 50.1 Å². The number of hydrogen-bond donors (Lipinski definition) is 1. The fourth-order valence-corrected chi connectivity index (χ4v) is 4.89. The van der Waals surface area contributed by atoms with Gasteiger partial charge in [-0.25, -0.2) is 0 Å². The average Bonchev–Trinajstić information content (AvgIpc) is 3.11. The second kappa shape index (κ2) is 9.31. The van der Waals surface area contributed by atoms with Gasteiger partial charge >= 0.3 is 0 Å². The smallest absolute Gasteiger partial charge is 0.253 e. The number of nitrogens with zero attached hydrogens (tertiary/aromatic N) is 2. The number of amides is 2. The first-order chi connectivity index (χ1) is 14.9. The minimum Gasteiger partial charge on any atom is -0.374 e. The summed E-state index contributed by atoms with van der Waals surface area (Å²) in [5.74, 6) is 0.742. The van der Waals surface area contributed by atoms with E-state index in [1.165, 1.54) is 5.56 Å². The van der Waals surface area contributed by atoms with Crippen molar-refractivity contribution in [3.8, 4) is 0 Å². The maximum absolute atomic E-state index is 12.8. The van der Waals surface area contributed by atoms with E-state index in [2.05, 4.69) is 29.6 Å². The van der Waals surface area contributed by atoms with Crippen LogP contribution in [0.25, 0.3) is 0 Å². The average molecular weight is 440 g/mol. The summed E-state index contributed by atoms with van der Waals surface area (Å²) in [5, 5.41) is 4.00. The highest BCUT2D eigenvalue weighted by Gasteiger charge is 2.29. The second-order valence-electron chi connectivity index (χ2n) is 8.80. The Labute approximate surface area is 189 Å². The van der Waals surface area contributed by atoms with E-state index < -0.39 is 0 Å². The van der Waals surface area contributed by atoms with Crippen LogP contribution in [0.2, 0.25) is 5.02 Å². The zero-order chi connectivity index (χ0) is 22.0. The first-order valence-electron chi connectivity index (χ1n) is 11.1. The molecule has 4 rings (SSSR count). The van der Waals surface area contributed by atoms with Crippen LogP contribution in [-0.4, -0.2) is 54.3 Å². The Kier molecular flexibility index (Phi) is 6.51. The maximum Gasteiger partial charge on any atom is 0.253 e. The van der Waals surface area contributed by atoms with Gasteiger partial charge in [-0.1, -0.05) is 23.7 Å². The van der Waals surface area contributed by atoms with Gasteiger partial charge in [0.05, 0.1) is 0 Å². The molecule has 5 nitrogen and oxygen atoms in total. The zero-order valence-electron chi connectivity index (χ0n) is 18.2. The fourth-order valence-electron chi connectivity index (χ4n) is 4.77. The SMILES string of the molecule is CN1CC[C@H](Nc2ccc(C3CCC(N(C)C(=O)c4ccc(Cl)cc4)CC3)cc2)C1=O. The quantitative estimate of drug-likeness (QED) is 0.729. The van der Waals surface area contributed by atoms with Crippen LogP contribution < -0.4 is 5.32 Å². The van der Waals surface area contributed by atoms with Crippen molar-refractivity contribution < 1.29 is 9.59 Å². The highest BCUT2D eigenvalue weighted by molar-refractivity contribution is 6.30. The van der Waals surface area contributed by atoms with Crippen LogP contribution in [0, 0.1) is 0 Å². The normalized spacial score (nSPS) is 23.6. The molecule has 0 radical (unpaired) electrons. The Hall–Kier alpha value is -2.53. The van der Waals surface area contributed by atoms with Crippen molar-refractivity contribution in [1.82, 2.24) is 9.80 Å². The topological polar surface area (TPSA) is 52.6 Å². The summed E-state index contributed by atoms with van der Waals surface area (Å²) >= 11 is 5.94. The molecule has 2 fully saturated rings. The summed E-state index contributed by atoms with van der Waals surface area (Å²) < 4.78 is 0. The molecule has 2 aliphatic rings. The highest BCUT2D eigenvalue weighted by Crippen LogP contribution is 2.35. The molecule has 1 N–H and O–H groups in total. The van der Waals surface area contributed by atoms with Crippen molar-refractivity contribution in [3.63, 3.8) is 0 Å². The molecular formula is C25H30ClN3O2. The van der Waals surface area contributed by atoms with Gasteiger partial charge in [-0.2, -0.15) is 0 Å². The molecule has 0 spiro atoms. The second-order valence-corrected chi connectivity index (χ2v) is 9.23. The first-order valence-corrected chi connectivity index (χ1v) is 11.4. The number of carbonyl (C=O) groups excluding carboxylic acids is 2. The van der Waals surface area contributed by atoms with Crippen molar-refractivity contribution in [3.05, 3.63) is 64.7 Å². The largest absolute Gasteiger partial charge is 0.374 e. The minimum absolute atomic E-state index is 0.0580. The lowest BCUT2D eigenvalue weighted by molar-refractivity contribution is -0.127. The molecule has 1 saturated heterocycles. The fraction of sp³-hybridized carbons (Fsp3) is 0.440. The predicted octanol–water partition coefficient (Wildman–Crippen LogP) is 4.78. The molecule has 6 heteroatoms. The molecule has 1 aliphatic heterocycles. The van der Waals surface area contributed by atoms with Crippen LogP contribution in [0.1, 0.15) is 53.9 Å². The van der Waals surface area contributed by atoms with Crippen LogP contribution in [0.3, 0.4) is 0 Å². The van der Waals surface area contributed by atoms with Crippen LogP contribution >= 0.6 is 11.6 Å². The standard InChI is InChI=1S/C25H30ClN3O2/c1-28-16-15-23(25(28)31)27-21-11-5-17(6-12-21)18-7-13-22(14-8-18)29(2)24(30)19-3-9-20(26)10-4-19/h3-6,9-12,18,22-23,27H,7-8,13-16H2,1-2H3/t18?,22?,23-/m0/s1. The number of likely N-dealkylation sites (N-methyl/N-ethyl adjacent to an activating group) is 1. The molecular weight excluding hydrogens is 410 g/mol. The molecule has 164 valence electrons. The van der Waals surface area contributed by atoms with E-state index in [1.807, 2.05) is 19.0 Å². The molecule has 31 heavy (non-hydrogen) atoms. The first kappa shape index (κ1) is 21.7. The summed E-state index contributed by atoms with van der Waals surface area (Å²) in [4.78, 5) is 28.5. The zero-order valence-corrected chi connectivity index (χ0v) is 18.9. The summed E-state index contributed by atoms with van der Waals surface area (Å²) in [5.41, 5.74) is 3.02. The van der Waals surface area contributed by atoms with Gasteiger partial charge in [0.15, 0.2) is 0 Å². The number of carbonyl (C=O) groups is 2. The monoisotopic (exact) mass is 439 g/mol. The lowest BCUT2D eigenvalue weighted by atomic mass is 9.81. The molecule has 0 unspecified atom stereocenters. The Morgan fingerprint density at radius 1 is 1.00 bits per heavy atom. The Balaban J connectivity index is 1.30. The van der Waals surface area contributed by atoms with E-state index in [1.54, 1.807) is 29.2 Å². The molecule has 2 amide bonds. The number of likely N-dealkylation sites (tertiary alicyclic amines) is 1. The number of hydrogen-bond acceptors (Lipinski definition) is 3. The maximum atomic E-state index is 12.8. The van der Waals surface area contributed by atoms with Crippen molar-refractivity contribution in [2.24, 2.45) is 0 Å². The van der Waals surface area contributed by atoms with Gasteiger partial charge in [-0.15, -0.1) is 0 Å². The molecule has 0 bridgehead atoms. The van der Waals surface area contributed by atoms with Gasteiger partial charge in [0.2, 0.25) is 5.91 Å². The Morgan fingerprint density at radius 3 is 2.23 bits per heavy atom. The van der Waals surface area contributed by atoms with Crippen molar-refractivity contribution >= 4 is 29.1 Å². The third kappa shape index (κ3) is 4.87. The van der Waals surface area contributed by atoms with E-state index in [4.69, 9.17) is 11.6 Å². The lowest BCUT2D eigenvalue weighted by Gasteiger charge is -2.35. The molecule has 1 heterocycles. The Morgan fingerprint density at radius 2 is 1.65 bits per heavy atom. The van der Waals surface area contributed by atoms with E-state index in [0.29, 0.717) is 16.5 Å². The van der Waals surface area contributed by atoms with Crippen molar-refractivity contribution in [1.29, 1.82) is 0 Å². The van der Waals surface area contributed by atoms with Crippen molar-refractivity contribution in [2.75, 3.05) is 26.0 Å². The number of rotatable bonds is 5. The molecule has 2 aromatic rings. The van der Waals surface area contributed by atoms with E-state index in [0.717, 1.165) is 44.3 Å². The number of nitrogens with one attached hydrogen (secondary N) is 1. The summed E-state index contributed by atoms with van der Waals surface area (Å²) in [7, 11) is 3.76. The minimum atomic E-state index is -0.111. The highest BCUT2D eigenvalue weighted by atomic mass is 35.5. The van der Waals surface area contributed by atoms with Crippen LogP contribution in [0.4, 0.5) is 5.69 Å². The Bertz CT molecular complexity index is 921. The summed E-state index contributed by atoms with van der Waals surface area (Å²) in [6.45, 7) is 0.812. The number of benzene rings is 2. The van der Waals surface area contributed by atoms with E-state index in [-0.39, 0.29) is 23.9 Å². The van der Waals surface area contributed by atoms with Crippen LogP contribution in [-0.2, 0) is 4.79 Å². The third-order valence-electron chi connectivity index (χ3n) is 6.81. The van der Waals surface area contributed by atoms with Gasteiger partial charge in [-0.05, 0) is 80.0 Å². The molecule has 0 aromatic heterocycles. The van der Waals surface area contributed by atoms with Crippen LogP contribution in [0.5, 0.6) is 0 Å². The lowest BCUT2D eigenvalue weighted by Crippen LogP contribution is -2.39. The predicted molar refractivity (Wildman–Crippen MR) is 125 cm³/mol. The van der Waals surface area contributed by atoms with E-state index in [9.17, 15) is 9.59 Å². The summed E-state index contributed by atoms with van der Waals surface area (Å²) in [6, 6.07) is 15.8. The van der Waals surface area contributed by atoms with Gasteiger partial charge in [0.1, 0.15) is 6.04 Å². The summed E-state index contributed by atoms with van der Waals surface area (Å²) in [6.07, 6.45) is 5.00. The molecule has 1 saturated carbocycles. The van der Waals surface area contributed by atoms with E-state index >= 15 is 0 Å². The number of anilines is 1. The molecule has 2 aromatic carbocycles. The van der Waals surface area contributed by atoms with Gasteiger partial charge in [0, 0.05) is 43.0 Å². The van der Waals surface area contributed by atoms with Crippen LogP contribution in [0.15, 0.2) is 48.5 Å². The van der Waals surface area contributed by atoms with Gasteiger partial charge < -0.3 is 15.1 Å². The van der Waals surface area contributed by atoms with Gasteiger partial charge in [-0.3, -0.25) is 9.59 Å². The number of halogens is 1. The third-order valence-corrected chi connectivity index (χ3v) is 7.06.